The highest BCUT2D eigenvalue weighted by Crippen LogP contribution is 2.34. The van der Waals surface area contributed by atoms with Crippen LogP contribution in [-0.2, 0) is 25.7 Å². The fraction of sp³-hybridized carbons (Fsp3) is 0.625. The van der Waals surface area contributed by atoms with Crippen LogP contribution in [0.3, 0.4) is 0 Å². The summed E-state index contributed by atoms with van der Waals surface area (Å²) in [6.45, 7) is 3.32. The van der Waals surface area contributed by atoms with Crippen molar-refractivity contribution in [3.63, 3.8) is 0 Å². The van der Waals surface area contributed by atoms with E-state index < -0.39 is 12.1 Å². The van der Waals surface area contributed by atoms with Gasteiger partial charge in [-0.3, -0.25) is 9.59 Å². The molecule has 3 N–H and O–H groups in total. The number of nitrogens with zero attached hydrogens (tertiary/aromatic N) is 1. The number of carbonyl (C=O) groups excluding carboxylic acids is 2. The van der Waals surface area contributed by atoms with E-state index in [1.54, 1.807) is 0 Å². The quantitative estimate of drug-likeness (QED) is 0.555. The first kappa shape index (κ1) is 26.9. The predicted octanol–water partition coefficient (Wildman–Crippen LogP) is 2.47. The van der Waals surface area contributed by atoms with Crippen LogP contribution in [-0.4, -0.2) is 71.8 Å². The molecule has 3 heterocycles. The van der Waals surface area contributed by atoms with E-state index in [4.69, 9.17) is 14.6 Å². The summed E-state index contributed by atoms with van der Waals surface area (Å²) in [6, 6.07) is 9.81. The van der Waals surface area contributed by atoms with Crippen molar-refractivity contribution in [3.05, 3.63) is 35.9 Å². The van der Waals surface area contributed by atoms with Crippen LogP contribution in [0.1, 0.15) is 44.1 Å². The number of alkyl halides is 3. The molecule has 0 bridgehead atoms. The predicted molar refractivity (Wildman–Crippen MR) is 120 cm³/mol. The Balaban J connectivity index is 0.000000429. The van der Waals surface area contributed by atoms with E-state index in [0.717, 1.165) is 57.3 Å². The van der Waals surface area contributed by atoms with Crippen LogP contribution in [0.25, 0.3) is 0 Å². The summed E-state index contributed by atoms with van der Waals surface area (Å²) in [7, 11) is 0. The van der Waals surface area contributed by atoms with Crippen molar-refractivity contribution in [1.29, 1.82) is 0 Å². The molecule has 0 saturated carbocycles. The van der Waals surface area contributed by atoms with Crippen LogP contribution in [0.15, 0.2) is 30.3 Å². The zero-order valence-corrected chi connectivity index (χ0v) is 19.4. The average Bonchev–Trinajstić information content (AvgIpc) is 3.30. The third-order valence-electron chi connectivity index (χ3n) is 6.66. The lowest BCUT2D eigenvalue weighted by molar-refractivity contribution is -0.192. The fourth-order valence-electron chi connectivity index (χ4n) is 4.83. The molecule has 3 fully saturated rings. The molecule has 0 unspecified atom stereocenters. The monoisotopic (exact) mass is 499 g/mol. The summed E-state index contributed by atoms with van der Waals surface area (Å²) < 4.78 is 37.9. The van der Waals surface area contributed by atoms with Crippen molar-refractivity contribution in [2.75, 3.05) is 19.6 Å². The van der Waals surface area contributed by atoms with Crippen LogP contribution in [0.5, 0.6) is 0 Å². The van der Waals surface area contributed by atoms with Gasteiger partial charge in [-0.2, -0.15) is 13.2 Å². The molecule has 11 heteroatoms. The topological polar surface area (TPSA) is 108 Å². The second kappa shape index (κ2) is 12.3. The van der Waals surface area contributed by atoms with E-state index in [1.807, 2.05) is 23.1 Å². The molecule has 4 rings (SSSR count). The van der Waals surface area contributed by atoms with Gasteiger partial charge in [0.1, 0.15) is 6.04 Å². The van der Waals surface area contributed by atoms with Gasteiger partial charge in [0.25, 0.3) is 0 Å². The third kappa shape index (κ3) is 7.66. The molecule has 2 amide bonds. The second-order valence-corrected chi connectivity index (χ2v) is 9.08. The Hall–Kier alpha value is -2.66. The molecule has 194 valence electrons. The van der Waals surface area contributed by atoms with E-state index >= 15 is 0 Å². The van der Waals surface area contributed by atoms with E-state index in [1.165, 1.54) is 0 Å². The second-order valence-electron chi connectivity index (χ2n) is 9.08. The van der Waals surface area contributed by atoms with Gasteiger partial charge in [0.15, 0.2) is 0 Å². The molecule has 8 nitrogen and oxygen atoms in total. The SMILES string of the molecule is O=C(NCC1CCNCC1)[C@@H]1CC[C@H]2[C@@H](OCc3ccccc3)CCC(=O)N12.O=C(O)C(F)(F)F. The van der Waals surface area contributed by atoms with E-state index in [-0.39, 0.29) is 30.0 Å². The Morgan fingerprint density at radius 2 is 1.74 bits per heavy atom. The number of benzene rings is 1. The van der Waals surface area contributed by atoms with Gasteiger partial charge < -0.3 is 25.4 Å². The fourth-order valence-corrected chi connectivity index (χ4v) is 4.83. The van der Waals surface area contributed by atoms with Crippen LogP contribution >= 0.6 is 0 Å². The van der Waals surface area contributed by atoms with Gasteiger partial charge in [0, 0.05) is 13.0 Å². The first-order valence-electron chi connectivity index (χ1n) is 11.9. The van der Waals surface area contributed by atoms with Gasteiger partial charge in [-0.25, -0.2) is 4.79 Å². The number of carboxylic acid groups (broad SMARTS) is 1. The minimum absolute atomic E-state index is 0.0121. The van der Waals surface area contributed by atoms with Gasteiger partial charge in [-0.15, -0.1) is 0 Å². The zero-order chi connectivity index (χ0) is 25.4. The number of halogens is 3. The molecule has 0 radical (unpaired) electrons. The summed E-state index contributed by atoms with van der Waals surface area (Å²) in [4.78, 5) is 36.1. The molecular weight excluding hydrogens is 467 g/mol. The lowest BCUT2D eigenvalue weighted by atomic mass is 9.98. The van der Waals surface area contributed by atoms with Crippen LogP contribution in [0, 0.1) is 5.92 Å². The molecule has 0 spiro atoms. The van der Waals surface area contributed by atoms with Crippen molar-refractivity contribution < 1.29 is 37.4 Å². The normalized spacial score (nSPS) is 24.8. The maximum absolute atomic E-state index is 12.8. The number of hydrogen-bond donors (Lipinski definition) is 3. The van der Waals surface area contributed by atoms with Crippen molar-refractivity contribution in [2.24, 2.45) is 5.92 Å². The molecule has 35 heavy (non-hydrogen) atoms. The van der Waals surface area contributed by atoms with Gasteiger partial charge in [-0.1, -0.05) is 30.3 Å². The number of piperidine rings is 2. The molecule has 1 aromatic rings. The first-order chi connectivity index (χ1) is 16.7. The van der Waals surface area contributed by atoms with Gasteiger partial charge in [-0.05, 0) is 56.7 Å². The maximum atomic E-state index is 12.8. The summed E-state index contributed by atoms with van der Waals surface area (Å²) in [6.07, 6.45) is -0.0715. The minimum atomic E-state index is -5.08. The molecule has 3 atom stereocenters. The van der Waals surface area contributed by atoms with Crippen LogP contribution in [0.2, 0.25) is 0 Å². The van der Waals surface area contributed by atoms with Gasteiger partial charge >= 0.3 is 12.1 Å². The Kier molecular flexibility index (Phi) is 9.50. The van der Waals surface area contributed by atoms with Crippen molar-refractivity contribution in [1.82, 2.24) is 15.5 Å². The maximum Gasteiger partial charge on any atom is 0.490 e. The van der Waals surface area contributed by atoms with E-state index in [2.05, 4.69) is 22.8 Å². The van der Waals surface area contributed by atoms with Crippen molar-refractivity contribution in [2.45, 2.75) is 69.5 Å². The summed E-state index contributed by atoms with van der Waals surface area (Å²) >= 11 is 0. The third-order valence-corrected chi connectivity index (χ3v) is 6.66. The molecule has 0 aromatic heterocycles. The highest BCUT2D eigenvalue weighted by molar-refractivity contribution is 5.89. The summed E-state index contributed by atoms with van der Waals surface area (Å²) in [5, 5.41) is 13.6. The number of fused-ring (bicyclic) bond motifs is 1. The summed E-state index contributed by atoms with van der Waals surface area (Å²) in [5.74, 6) is -2.10. The largest absolute Gasteiger partial charge is 0.490 e. The number of nitrogens with one attached hydrogen (secondary N) is 2. The molecule has 0 aliphatic carbocycles. The van der Waals surface area contributed by atoms with Crippen LogP contribution < -0.4 is 10.6 Å². The first-order valence-corrected chi connectivity index (χ1v) is 11.9. The zero-order valence-electron chi connectivity index (χ0n) is 19.4. The number of ether oxygens (including phenoxy) is 1. The molecule has 3 aliphatic rings. The van der Waals surface area contributed by atoms with E-state index in [0.29, 0.717) is 18.9 Å². The number of aliphatic carboxylic acids is 1. The Morgan fingerprint density at radius 1 is 1.09 bits per heavy atom. The van der Waals surface area contributed by atoms with Gasteiger partial charge in [0.2, 0.25) is 11.8 Å². The number of amides is 2. The molecule has 1 aromatic carbocycles. The smallest absolute Gasteiger partial charge is 0.475 e. The Labute approximate surface area is 202 Å². The minimum Gasteiger partial charge on any atom is -0.475 e. The number of hydrogen-bond acceptors (Lipinski definition) is 5. The lowest BCUT2D eigenvalue weighted by Crippen LogP contribution is -2.55. The van der Waals surface area contributed by atoms with Crippen molar-refractivity contribution in [3.8, 4) is 0 Å². The number of carbonyl (C=O) groups is 3. The standard InChI is InChI=1S/C22H31N3O3.C2HF3O2/c26-21-9-8-20(28-15-17-4-2-1-3-5-17)18-6-7-19(25(18)21)22(27)24-14-16-10-12-23-13-11-16;3-2(4,5)1(6)7/h1-5,16,18-20,23H,6-15H2,(H,24,27);(H,6,7)/t18-,19-,20-;/m0./s1. The highest BCUT2D eigenvalue weighted by Gasteiger charge is 2.47. The highest BCUT2D eigenvalue weighted by atomic mass is 19.4. The van der Waals surface area contributed by atoms with Gasteiger partial charge in [0.05, 0.1) is 18.8 Å². The lowest BCUT2D eigenvalue weighted by Gasteiger charge is -2.38. The Bertz CT molecular complexity index is 862. The number of carboxylic acids is 1. The van der Waals surface area contributed by atoms with E-state index in [9.17, 15) is 22.8 Å². The van der Waals surface area contributed by atoms with Crippen molar-refractivity contribution >= 4 is 17.8 Å². The molecule has 3 aliphatic heterocycles. The Morgan fingerprint density at radius 3 is 2.37 bits per heavy atom. The summed E-state index contributed by atoms with van der Waals surface area (Å²) in [5.41, 5.74) is 1.14. The van der Waals surface area contributed by atoms with Crippen LogP contribution in [0.4, 0.5) is 13.2 Å². The molecular formula is C24H32F3N3O5. The average molecular weight is 500 g/mol. The molecule has 3 saturated heterocycles. The number of rotatable bonds is 6.